The Balaban J connectivity index is 1.28. The predicted molar refractivity (Wildman–Crippen MR) is 101 cm³/mol. The smallest absolute Gasteiger partial charge is 0.246 e. The lowest BCUT2D eigenvalue weighted by molar-refractivity contribution is -0.127. The van der Waals surface area contributed by atoms with Gasteiger partial charge < -0.3 is 19.1 Å². The minimum absolute atomic E-state index is 0.00395. The van der Waals surface area contributed by atoms with Crippen LogP contribution >= 0.6 is 11.6 Å². The van der Waals surface area contributed by atoms with Gasteiger partial charge in [-0.15, -0.1) is 0 Å². The van der Waals surface area contributed by atoms with Crippen LogP contribution < -0.4 is 14.2 Å². The molecule has 4 rings (SSSR count). The maximum absolute atomic E-state index is 12.4. The van der Waals surface area contributed by atoms with E-state index in [4.69, 9.17) is 25.8 Å². The van der Waals surface area contributed by atoms with Gasteiger partial charge in [-0.1, -0.05) is 17.7 Å². The highest BCUT2D eigenvalue weighted by Gasteiger charge is 2.23. The lowest BCUT2D eigenvalue weighted by atomic mass is 10.1. The number of benzene rings is 1. The van der Waals surface area contributed by atoms with Crippen LogP contribution in [0, 0.1) is 0 Å². The number of pyridine rings is 1. The van der Waals surface area contributed by atoms with Gasteiger partial charge in [0.25, 0.3) is 0 Å². The fourth-order valence-corrected chi connectivity index (χ4v) is 3.20. The summed E-state index contributed by atoms with van der Waals surface area (Å²) >= 11 is 5.83. The molecule has 7 heteroatoms. The van der Waals surface area contributed by atoms with E-state index in [1.54, 1.807) is 30.5 Å². The Kier molecular flexibility index (Phi) is 5.16. The van der Waals surface area contributed by atoms with Gasteiger partial charge in [0.1, 0.15) is 6.10 Å². The molecule has 3 heterocycles. The molecule has 0 aliphatic carbocycles. The van der Waals surface area contributed by atoms with Crippen molar-refractivity contribution in [3.8, 4) is 17.4 Å². The van der Waals surface area contributed by atoms with Gasteiger partial charge >= 0.3 is 0 Å². The zero-order valence-electron chi connectivity index (χ0n) is 14.6. The van der Waals surface area contributed by atoms with Crippen LogP contribution in [0.5, 0.6) is 17.4 Å². The van der Waals surface area contributed by atoms with E-state index in [9.17, 15) is 4.79 Å². The van der Waals surface area contributed by atoms with E-state index in [1.165, 1.54) is 0 Å². The molecule has 0 bridgehead atoms. The molecule has 140 valence electrons. The molecular weight excluding hydrogens is 368 g/mol. The van der Waals surface area contributed by atoms with E-state index in [0.717, 1.165) is 24.2 Å². The minimum Gasteiger partial charge on any atom is -0.474 e. The largest absolute Gasteiger partial charge is 0.474 e. The first-order chi connectivity index (χ1) is 13.2. The van der Waals surface area contributed by atoms with Crippen LogP contribution in [0.1, 0.15) is 18.4 Å². The molecule has 6 nitrogen and oxygen atoms in total. The summed E-state index contributed by atoms with van der Waals surface area (Å²) in [5.74, 6) is 2.00. The van der Waals surface area contributed by atoms with Gasteiger partial charge in [0.05, 0.1) is 5.02 Å². The number of rotatable bonds is 4. The molecule has 1 aromatic carbocycles. The molecule has 2 aromatic rings. The SMILES string of the molecule is O=C(/C=C/c1ccc2c(c1)OCO2)N1CCC(Oc2ccc(Cl)cn2)CC1. The average molecular weight is 387 g/mol. The highest BCUT2D eigenvalue weighted by atomic mass is 35.5. The van der Waals surface area contributed by atoms with Crippen molar-refractivity contribution in [1.29, 1.82) is 0 Å². The Morgan fingerprint density at radius 2 is 2.00 bits per heavy atom. The number of aromatic nitrogens is 1. The normalized spacial score (nSPS) is 16.7. The van der Waals surface area contributed by atoms with Gasteiger partial charge in [0.15, 0.2) is 11.5 Å². The quantitative estimate of drug-likeness (QED) is 0.752. The van der Waals surface area contributed by atoms with Crippen LogP contribution in [0.25, 0.3) is 6.08 Å². The van der Waals surface area contributed by atoms with E-state index in [1.807, 2.05) is 23.1 Å². The lowest BCUT2D eigenvalue weighted by Crippen LogP contribution is -2.41. The third kappa shape index (κ3) is 4.34. The van der Waals surface area contributed by atoms with Crippen LogP contribution in [0.2, 0.25) is 5.02 Å². The minimum atomic E-state index is -0.00395. The molecule has 2 aliphatic heterocycles. The molecule has 0 unspecified atom stereocenters. The van der Waals surface area contributed by atoms with Gasteiger partial charge in [-0.2, -0.15) is 0 Å². The predicted octanol–water partition coefficient (Wildman–Crippen LogP) is 3.55. The third-order valence-corrected chi connectivity index (χ3v) is 4.78. The van der Waals surface area contributed by atoms with Gasteiger partial charge in [-0.3, -0.25) is 4.79 Å². The topological polar surface area (TPSA) is 60.9 Å². The van der Waals surface area contributed by atoms with E-state index >= 15 is 0 Å². The number of halogens is 1. The van der Waals surface area contributed by atoms with Crippen LogP contribution in [-0.4, -0.2) is 41.8 Å². The number of ether oxygens (including phenoxy) is 3. The van der Waals surface area contributed by atoms with E-state index in [0.29, 0.717) is 29.7 Å². The summed E-state index contributed by atoms with van der Waals surface area (Å²) in [7, 11) is 0. The van der Waals surface area contributed by atoms with Gasteiger partial charge in [-0.05, 0) is 29.8 Å². The summed E-state index contributed by atoms with van der Waals surface area (Å²) in [4.78, 5) is 18.4. The number of nitrogens with zero attached hydrogens (tertiary/aromatic N) is 2. The Bertz CT molecular complexity index is 846. The highest BCUT2D eigenvalue weighted by Crippen LogP contribution is 2.32. The Labute approximate surface area is 162 Å². The molecule has 0 N–H and O–H groups in total. The summed E-state index contributed by atoms with van der Waals surface area (Å²) < 4.78 is 16.5. The van der Waals surface area contributed by atoms with E-state index < -0.39 is 0 Å². The van der Waals surface area contributed by atoms with Gasteiger partial charge in [-0.25, -0.2) is 4.98 Å². The number of carbonyl (C=O) groups is 1. The molecule has 0 spiro atoms. The number of amides is 1. The van der Waals surface area contributed by atoms with Crippen molar-refractivity contribution < 1.29 is 19.0 Å². The molecule has 1 saturated heterocycles. The summed E-state index contributed by atoms with van der Waals surface area (Å²) in [6.07, 6.45) is 6.56. The van der Waals surface area contributed by atoms with Crippen molar-refractivity contribution in [1.82, 2.24) is 9.88 Å². The lowest BCUT2D eigenvalue weighted by Gasteiger charge is -2.31. The van der Waals surface area contributed by atoms with Crippen molar-refractivity contribution in [2.24, 2.45) is 0 Å². The summed E-state index contributed by atoms with van der Waals surface area (Å²) in [6.45, 7) is 1.55. The molecule has 0 atom stereocenters. The summed E-state index contributed by atoms with van der Waals surface area (Å²) in [5.41, 5.74) is 0.902. The van der Waals surface area contributed by atoms with Crippen molar-refractivity contribution in [3.63, 3.8) is 0 Å². The van der Waals surface area contributed by atoms with Gasteiger partial charge in [0, 0.05) is 44.3 Å². The molecule has 2 aliphatic rings. The Hall–Kier alpha value is -2.73. The fourth-order valence-electron chi connectivity index (χ4n) is 3.09. The van der Waals surface area contributed by atoms with Crippen molar-refractivity contribution >= 4 is 23.6 Å². The Morgan fingerprint density at radius 1 is 1.19 bits per heavy atom. The van der Waals surface area contributed by atoms with Crippen molar-refractivity contribution in [3.05, 3.63) is 53.2 Å². The second kappa shape index (κ2) is 7.88. The van der Waals surface area contributed by atoms with Crippen LogP contribution in [0.3, 0.4) is 0 Å². The van der Waals surface area contributed by atoms with E-state index in [-0.39, 0.29) is 18.8 Å². The average Bonchev–Trinajstić information content (AvgIpc) is 3.16. The second-order valence-corrected chi connectivity index (χ2v) is 6.84. The molecule has 0 radical (unpaired) electrons. The van der Waals surface area contributed by atoms with Crippen molar-refractivity contribution in [2.75, 3.05) is 19.9 Å². The molecule has 1 aromatic heterocycles. The Morgan fingerprint density at radius 3 is 2.78 bits per heavy atom. The number of carbonyl (C=O) groups excluding carboxylic acids is 1. The zero-order chi connectivity index (χ0) is 18.6. The maximum atomic E-state index is 12.4. The first-order valence-electron chi connectivity index (χ1n) is 8.82. The number of piperidine rings is 1. The standard InChI is InChI=1S/C20H19ClN2O4/c21-15-3-5-19(22-12-15)27-16-7-9-23(10-8-16)20(24)6-2-14-1-4-17-18(11-14)26-13-25-17/h1-6,11-12,16H,7-10,13H2/b6-2+. The van der Waals surface area contributed by atoms with Crippen LogP contribution in [-0.2, 0) is 4.79 Å². The third-order valence-electron chi connectivity index (χ3n) is 4.56. The zero-order valence-corrected chi connectivity index (χ0v) is 15.4. The second-order valence-electron chi connectivity index (χ2n) is 6.40. The number of hydrogen-bond acceptors (Lipinski definition) is 5. The summed E-state index contributed by atoms with van der Waals surface area (Å²) in [6, 6.07) is 9.12. The van der Waals surface area contributed by atoms with Gasteiger partial charge in [0.2, 0.25) is 18.6 Å². The number of likely N-dealkylation sites (tertiary alicyclic amines) is 1. The molecule has 1 fully saturated rings. The number of hydrogen-bond donors (Lipinski definition) is 0. The van der Waals surface area contributed by atoms with Crippen molar-refractivity contribution in [2.45, 2.75) is 18.9 Å². The molecular formula is C20H19ClN2O4. The number of fused-ring (bicyclic) bond motifs is 1. The fraction of sp³-hybridized carbons (Fsp3) is 0.300. The first kappa shape index (κ1) is 17.7. The molecule has 1 amide bonds. The van der Waals surface area contributed by atoms with Crippen LogP contribution in [0.15, 0.2) is 42.6 Å². The van der Waals surface area contributed by atoms with Crippen LogP contribution in [0.4, 0.5) is 0 Å². The summed E-state index contributed by atoms with van der Waals surface area (Å²) in [5, 5.41) is 0.581. The van der Waals surface area contributed by atoms with E-state index in [2.05, 4.69) is 4.98 Å². The molecule has 0 saturated carbocycles. The first-order valence-corrected chi connectivity index (χ1v) is 9.20. The maximum Gasteiger partial charge on any atom is 0.246 e. The molecule has 27 heavy (non-hydrogen) atoms. The highest BCUT2D eigenvalue weighted by molar-refractivity contribution is 6.30. The monoisotopic (exact) mass is 386 g/mol.